The zero-order valence-electron chi connectivity index (χ0n) is 8.57. The van der Waals surface area contributed by atoms with E-state index in [1.807, 2.05) is 0 Å². The molecule has 0 aromatic heterocycles. The second-order valence-electron chi connectivity index (χ2n) is 3.97. The van der Waals surface area contributed by atoms with Gasteiger partial charge in [0.25, 0.3) is 0 Å². The number of ether oxygens (including phenoxy) is 2. The Kier molecular flexibility index (Phi) is 3.38. The maximum atomic E-state index is 9.08. The number of aliphatic hydroxyl groups excluding tert-OH is 1. The van der Waals surface area contributed by atoms with E-state index in [0.29, 0.717) is 0 Å². The van der Waals surface area contributed by atoms with Gasteiger partial charge < -0.3 is 14.6 Å². The number of nitrogens with zero attached hydrogens (tertiary/aromatic N) is 1. The Bertz CT molecular complexity index is 174. The monoisotopic (exact) mass is 201 g/mol. The second kappa shape index (κ2) is 4.57. The van der Waals surface area contributed by atoms with Crippen LogP contribution in [-0.4, -0.2) is 55.2 Å². The first-order valence-corrected chi connectivity index (χ1v) is 5.45. The van der Waals surface area contributed by atoms with Gasteiger partial charge in [-0.15, -0.1) is 0 Å². The summed E-state index contributed by atoms with van der Waals surface area (Å²) in [7, 11) is 0. The molecule has 2 saturated heterocycles. The first-order chi connectivity index (χ1) is 6.87. The topological polar surface area (TPSA) is 41.9 Å². The molecule has 82 valence electrons. The summed E-state index contributed by atoms with van der Waals surface area (Å²) in [6, 6.07) is 0. The van der Waals surface area contributed by atoms with Crippen LogP contribution in [0.1, 0.15) is 19.3 Å². The molecule has 0 aromatic rings. The van der Waals surface area contributed by atoms with Gasteiger partial charge in [-0.05, 0) is 12.8 Å². The number of aliphatic hydroxyl groups is 1. The van der Waals surface area contributed by atoms with E-state index in [-0.39, 0.29) is 12.3 Å². The molecule has 2 heterocycles. The Morgan fingerprint density at radius 3 is 2.57 bits per heavy atom. The van der Waals surface area contributed by atoms with Crippen molar-refractivity contribution in [2.45, 2.75) is 25.0 Å². The van der Waals surface area contributed by atoms with Crippen molar-refractivity contribution in [1.82, 2.24) is 4.90 Å². The van der Waals surface area contributed by atoms with E-state index in [1.54, 1.807) is 0 Å². The molecule has 0 amide bonds. The molecule has 0 aliphatic carbocycles. The average molecular weight is 201 g/mol. The van der Waals surface area contributed by atoms with Gasteiger partial charge in [-0.25, -0.2) is 0 Å². The SMILES string of the molecule is OCCC1(N2CCOCC2)CCCO1. The van der Waals surface area contributed by atoms with Crippen LogP contribution in [0.5, 0.6) is 0 Å². The summed E-state index contributed by atoms with van der Waals surface area (Å²) in [5.41, 5.74) is -0.182. The van der Waals surface area contributed by atoms with Gasteiger partial charge >= 0.3 is 0 Å². The van der Waals surface area contributed by atoms with E-state index in [0.717, 1.165) is 52.2 Å². The van der Waals surface area contributed by atoms with Gasteiger partial charge in [0.15, 0.2) is 0 Å². The van der Waals surface area contributed by atoms with Crippen molar-refractivity contribution in [2.75, 3.05) is 39.5 Å². The number of hydrogen-bond acceptors (Lipinski definition) is 4. The standard InChI is InChI=1S/C10H19NO3/c12-6-3-10(2-1-7-14-10)11-4-8-13-9-5-11/h12H,1-9H2. The van der Waals surface area contributed by atoms with Crippen LogP contribution in [0.3, 0.4) is 0 Å². The number of morpholine rings is 1. The summed E-state index contributed by atoms with van der Waals surface area (Å²) in [6.45, 7) is 4.47. The second-order valence-corrected chi connectivity index (χ2v) is 3.97. The van der Waals surface area contributed by atoms with Crippen LogP contribution in [0.15, 0.2) is 0 Å². The summed E-state index contributed by atoms with van der Waals surface area (Å²) in [6.07, 6.45) is 2.89. The van der Waals surface area contributed by atoms with E-state index in [4.69, 9.17) is 14.6 Å². The molecule has 1 unspecified atom stereocenters. The molecule has 2 fully saturated rings. The van der Waals surface area contributed by atoms with Crippen molar-refractivity contribution in [3.05, 3.63) is 0 Å². The third kappa shape index (κ3) is 1.93. The molecule has 4 heteroatoms. The van der Waals surface area contributed by atoms with Gasteiger partial charge in [0, 0.05) is 32.7 Å². The summed E-state index contributed by atoms with van der Waals surface area (Å²) in [4.78, 5) is 2.33. The molecule has 0 radical (unpaired) electrons. The minimum atomic E-state index is -0.182. The smallest absolute Gasteiger partial charge is 0.124 e. The number of rotatable bonds is 3. The van der Waals surface area contributed by atoms with Crippen LogP contribution in [0.2, 0.25) is 0 Å². The summed E-state index contributed by atoms with van der Waals surface area (Å²) < 4.78 is 11.2. The van der Waals surface area contributed by atoms with E-state index < -0.39 is 0 Å². The highest BCUT2D eigenvalue weighted by molar-refractivity contribution is 4.86. The predicted molar refractivity (Wildman–Crippen MR) is 52.0 cm³/mol. The third-order valence-electron chi connectivity index (χ3n) is 3.17. The van der Waals surface area contributed by atoms with Gasteiger partial charge in [-0.1, -0.05) is 0 Å². The van der Waals surface area contributed by atoms with E-state index >= 15 is 0 Å². The molecule has 0 aromatic carbocycles. The van der Waals surface area contributed by atoms with Gasteiger partial charge in [0.1, 0.15) is 5.72 Å². The predicted octanol–water partition coefficient (Wildman–Crippen LogP) is 0.208. The lowest BCUT2D eigenvalue weighted by atomic mass is 10.0. The van der Waals surface area contributed by atoms with Gasteiger partial charge in [0.2, 0.25) is 0 Å². The van der Waals surface area contributed by atoms with Crippen molar-refractivity contribution in [3.63, 3.8) is 0 Å². The Balaban J connectivity index is 2.00. The first kappa shape index (κ1) is 10.4. The van der Waals surface area contributed by atoms with Crippen molar-refractivity contribution >= 4 is 0 Å². The summed E-state index contributed by atoms with van der Waals surface area (Å²) >= 11 is 0. The molecule has 2 aliphatic rings. The quantitative estimate of drug-likeness (QED) is 0.708. The molecule has 2 rings (SSSR count). The molecule has 0 saturated carbocycles. The average Bonchev–Trinajstić information content (AvgIpc) is 2.70. The fourth-order valence-corrected chi connectivity index (χ4v) is 2.43. The lowest BCUT2D eigenvalue weighted by molar-refractivity contribution is -0.158. The normalized spacial score (nSPS) is 34.9. The molecule has 4 nitrogen and oxygen atoms in total. The lowest BCUT2D eigenvalue weighted by Gasteiger charge is -2.42. The van der Waals surface area contributed by atoms with Crippen LogP contribution in [-0.2, 0) is 9.47 Å². The third-order valence-corrected chi connectivity index (χ3v) is 3.17. The highest BCUT2D eigenvalue weighted by Gasteiger charge is 2.40. The van der Waals surface area contributed by atoms with Gasteiger partial charge in [0.05, 0.1) is 13.2 Å². The molecule has 0 spiro atoms. The summed E-state index contributed by atoms with van der Waals surface area (Å²) in [5.74, 6) is 0. The first-order valence-electron chi connectivity index (χ1n) is 5.45. The molecule has 1 atom stereocenters. The van der Waals surface area contributed by atoms with Crippen LogP contribution in [0.4, 0.5) is 0 Å². The molecular weight excluding hydrogens is 182 g/mol. The number of hydrogen-bond donors (Lipinski definition) is 1. The van der Waals surface area contributed by atoms with E-state index in [9.17, 15) is 0 Å². The molecule has 14 heavy (non-hydrogen) atoms. The lowest BCUT2D eigenvalue weighted by Crippen LogP contribution is -2.53. The Morgan fingerprint density at radius 1 is 1.21 bits per heavy atom. The Labute approximate surface area is 84.8 Å². The van der Waals surface area contributed by atoms with E-state index in [2.05, 4.69) is 4.90 Å². The highest BCUT2D eigenvalue weighted by Crippen LogP contribution is 2.33. The van der Waals surface area contributed by atoms with Crippen molar-refractivity contribution < 1.29 is 14.6 Å². The summed E-state index contributed by atoms with van der Waals surface area (Å²) in [5, 5.41) is 9.08. The van der Waals surface area contributed by atoms with Crippen molar-refractivity contribution in [2.24, 2.45) is 0 Å². The largest absolute Gasteiger partial charge is 0.396 e. The van der Waals surface area contributed by atoms with Crippen molar-refractivity contribution in [3.8, 4) is 0 Å². The van der Waals surface area contributed by atoms with E-state index in [1.165, 1.54) is 0 Å². The molecule has 0 bridgehead atoms. The van der Waals surface area contributed by atoms with Crippen LogP contribution < -0.4 is 0 Å². The minimum Gasteiger partial charge on any atom is -0.396 e. The van der Waals surface area contributed by atoms with Crippen LogP contribution >= 0.6 is 0 Å². The zero-order chi connectivity index (χ0) is 9.86. The maximum absolute atomic E-state index is 9.08. The molecular formula is C10H19NO3. The minimum absolute atomic E-state index is 0.182. The van der Waals surface area contributed by atoms with Crippen molar-refractivity contribution in [1.29, 1.82) is 0 Å². The highest BCUT2D eigenvalue weighted by atomic mass is 16.5. The molecule has 1 N–H and O–H groups in total. The maximum Gasteiger partial charge on any atom is 0.124 e. The Morgan fingerprint density at radius 2 is 2.00 bits per heavy atom. The van der Waals surface area contributed by atoms with Gasteiger partial charge in [-0.3, -0.25) is 4.90 Å². The fourth-order valence-electron chi connectivity index (χ4n) is 2.43. The fraction of sp³-hybridized carbons (Fsp3) is 1.00. The Hall–Kier alpha value is -0.160. The van der Waals surface area contributed by atoms with Crippen LogP contribution in [0.25, 0.3) is 0 Å². The molecule has 2 aliphatic heterocycles. The van der Waals surface area contributed by atoms with Gasteiger partial charge in [-0.2, -0.15) is 0 Å². The van der Waals surface area contributed by atoms with Crippen LogP contribution in [0, 0.1) is 0 Å². The zero-order valence-corrected chi connectivity index (χ0v) is 8.57.